The number of halogens is 1. The van der Waals surface area contributed by atoms with Crippen LogP contribution in [0.3, 0.4) is 0 Å². The van der Waals surface area contributed by atoms with Crippen LogP contribution in [0.15, 0.2) is 36.5 Å². The largest absolute Gasteiger partial charge is 0.384 e. The van der Waals surface area contributed by atoms with E-state index in [2.05, 4.69) is 33.1 Å². The van der Waals surface area contributed by atoms with E-state index in [9.17, 15) is 5.11 Å². The van der Waals surface area contributed by atoms with Gasteiger partial charge in [-0.25, -0.2) is 4.68 Å². The van der Waals surface area contributed by atoms with Gasteiger partial charge >= 0.3 is 0 Å². The molecule has 10 heteroatoms. The van der Waals surface area contributed by atoms with Crippen molar-refractivity contribution in [3.8, 4) is 11.3 Å². The van der Waals surface area contributed by atoms with Gasteiger partial charge in [0.25, 0.3) is 0 Å². The molecule has 192 valence electrons. The van der Waals surface area contributed by atoms with Gasteiger partial charge in [0.05, 0.1) is 33.2 Å². The number of aromatic nitrogens is 6. The fourth-order valence-electron chi connectivity index (χ4n) is 5.63. The number of aliphatic hydroxyl groups is 1. The molecule has 5 aromatic rings. The molecule has 1 atom stereocenters. The Balaban J connectivity index is 1.71. The Labute approximate surface area is 224 Å². The summed E-state index contributed by atoms with van der Waals surface area (Å²) in [7, 11) is 1.89. The lowest BCUT2D eigenvalue weighted by atomic mass is 9.86. The van der Waals surface area contributed by atoms with Crippen LogP contribution < -0.4 is 0 Å². The number of nitrogens with zero attached hydrogens (tertiary/aromatic N) is 6. The van der Waals surface area contributed by atoms with Crippen LogP contribution >= 0.6 is 23.1 Å². The van der Waals surface area contributed by atoms with E-state index in [1.165, 1.54) is 11.5 Å². The first-order valence-electron chi connectivity index (χ1n) is 12.5. The van der Waals surface area contributed by atoms with Crippen molar-refractivity contribution in [2.24, 2.45) is 13.0 Å². The van der Waals surface area contributed by atoms with Crippen molar-refractivity contribution in [1.82, 2.24) is 28.9 Å². The minimum absolute atomic E-state index is 0.0390. The molecule has 0 spiro atoms. The lowest BCUT2D eigenvalue weighted by Gasteiger charge is -2.33. The summed E-state index contributed by atoms with van der Waals surface area (Å²) in [6, 6.07) is 10.2. The van der Waals surface area contributed by atoms with Gasteiger partial charge in [-0.3, -0.25) is 4.98 Å². The summed E-state index contributed by atoms with van der Waals surface area (Å²) >= 11 is 7.91. The van der Waals surface area contributed by atoms with Crippen LogP contribution in [-0.4, -0.2) is 47.2 Å². The quantitative estimate of drug-likeness (QED) is 0.312. The van der Waals surface area contributed by atoms with Crippen molar-refractivity contribution < 1.29 is 9.84 Å². The third-order valence-corrected chi connectivity index (χ3v) is 8.36. The Morgan fingerprint density at radius 2 is 2.00 bits per heavy atom. The van der Waals surface area contributed by atoms with E-state index in [1.807, 2.05) is 32.3 Å². The monoisotopic (exact) mass is 536 g/mol. The zero-order chi connectivity index (χ0) is 25.9. The number of benzene rings is 1. The van der Waals surface area contributed by atoms with E-state index in [0.717, 1.165) is 56.6 Å². The van der Waals surface area contributed by atoms with E-state index in [-0.39, 0.29) is 6.04 Å². The van der Waals surface area contributed by atoms with Gasteiger partial charge in [-0.1, -0.05) is 28.9 Å². The highest BCUT2D eigenvalue weighted by Gasteiger charge is 2.35. The highest BCUT2D eigenvalue weighted by Crippen LogP contribution is 2.45. The molecule has 1 aliphatic heterocycles. The van der Waals surface area contributed by atoms with Crippen LogP contribution in [0.4, 0.5) is 0 Å². The van der Waals surface area contributed by atoms with E-state index in [4.69, 9.17) is 25.7 Å². The Morgan fingerprint density at radius 1 is 1.22 bits per heavy atom. The maximum absolute atomic E-state index is 11.2. The molecule has 1 fully saturated rings. The summed E-state index contributed by atoms with van der Waals surface area (Å²) < 4.78 is 15.6. The summed E-state index contributed by atoms with van der Waals surface area (Å²) in [4.78, 5) is 4.95. The van der Waals surface area contributed by atoms with Crippen LogP contribution in [0.2, 0.25) is 5.02 Å². The van der Waals surface area contributed by atoms with Gasteiger partial charge in [0.1, 0.15) is 16.8 Å². The van der Waals surface area contributed by atoms with Crippen LogP contribution in [0, 0.1) is 12.8 Å². The van der Waals surface area contributed by atoms with E-state index < -0.39 is 5.60 Å². The standard InChI is InChI=1S/C27H29ClN6O2S/c1-15-22(33(4)32-30-15)18-13-20-21(29-14-18)25-24(26(31-37-25)27(2,3)35)34(20)23(16-8-10-36-11-9-16)17-6-5-7-19(28)12-17/h5-7,12-14,16,23,35H,8-11H2,1-4H3. The van der Waals surface area contributed by atoms with Crippen LogP contribution in [0.25, 0.3) is 32.5 Å². The molecule has 0 aliphatic carbocycles. The lowest BCUT2D eigenvalue weighted by Crippen LogP contribution is -2.28. The number of rotatable bonds is 5. The van der Waals surface area contributed by atoms with Crippen LogP contribution in [0.1, 0.15) is 49.7 Å². The molecule has 4 aromatic heterocycles. The third-order valence-electron chi connectivity index (χ3n) is 7.28. The van der Waals surface area contributed by atoms with Crippen LogP contribution in [0.5, 0.6) is 0 Å². The second-order valence-electron chi connectivity index (χ2n) is 10.3. The van der Waals surface area contributed by atoms with Crippen molar-refractivity contribution in [2.45, 2.75) is 45.3 Å². The summed E-state index contributed by atoms with van der Waals surface area (Å²) in [5, 5.41) is 20.3. The van der Waals surface area contributed by atoms with Gasteiger partial charge in [0.15, 0.2) is 0 Å². The fourth-order valence-corrected chi connectivity index (χ4v) is 6.84. The van der Waals surface area contributed by atoms with Gasteiger partial charge in [-0.2, -0.15) is 4.37 Å². The molecule has 8 nitrogen and oxygen atoms in total. The third kappa shape index (κ3) is 4.14. The molecule has 0 saturated carbocycles. The van der Waals surface area contributed by atoms with Gasteiger partial charge in [0.2, 0.25) is 0 Å². The number of pyridine rings is 1. The normalized spacial score (nSPS) is 16.2. The molecule has 1 unspecified atom stereocenters. The SMILES string of the molecule is Cc1nnn(C)c1-c1cnc2c3snc(C(C)(C)O)c3n(C(c3cccc(Cl)c3)C3CCOCC3)c2c1. The zero-order valence-electron chi connectivity index (χ0n) is 21.3. The van der Waals surface area contributed by atoms with Crippen molar-refractivity contribution in [3.05, 3.63) is 58.5 Å². The van der Waals surface area contributed by atoms with Crippen molar-refractivity contribution in [1.29, 1.82) is 0 Å². The zero-order valence-corrected chi connectivity index (χ0v) is 22.8. The van der Waals surface area contributed by atoms with Gasteiger partial charge in [0, 0.05) is 37.0 Å². The molecule has 0 amide bonds. The number of hydrogen-bond donors (Lipinski definition) is 1. The summed E-state index contributed by atoms with van der Waals surface area (Å²) in [6.07, 6.45) is 3.72. The first kappa shape index (κ1) is 24.5. The van der Waals surface area contributed by atoms with Crippen LogP contribution in [-0.2, 0) is 17.4 Å². The Morgan fingerprint density at radius 3 is 2.68 bits per heavy atom. The fraction of sp³-hybridized carbons (Fsp3) is 0.407. The van der Waals surface area contributed by atoms with Crippen molar-refractivity contribution >= 4 is 44.4 Å². The van der Waals surface area contributed by atoms with E-state index in [0.29, 0.717) is 29.8 Å². The molecular weight excluding hydrogens is 508 g/mol. The van der Waals surface area contributed by atoms with Crippen molar-refractivity contribution in [3.63, 3.8) is 0 Å². The smallest absolute Gasteiger partial charge is 0.110 e. The first-order chi connectivity index (χ1) is 17.7. The maximum Gasteiger partial charge on any atom is 0.110 e. The molecule has 5 heterocycles. The number of fused-ring (bicyclic) bond motifs is 3. The second kappa shape index (κ2) is 9.16. The molecule has 37 heavy (non-hydrogen) atoms. The minimum Gasteiger partial charge on any atom is -0.384 e. The molecular formula is C27H29ClN6O2S. The van der Waals surface area contributed by atoms with Gasteiger partial charge in [-0.05, 0) is 74.8 Å². The maximum atomic E-state index is 11.2. The molecule has 1 N–H and O–H groups in total. The van der Waals surface area contributed by atoms with Gasteiger partial charge < -0.3 is 14.4 Å². The topological polar surface area (TPSA) is 90.9 Å². The highest BCUT2D eigenvalue weighted by molar-refractivity contribution is 7.14. The average molecular weight is 537 g/mol. The molecule has 0 bridgehead atoms. The Hall–Kier alpha value is -2.85. The first-order valence-corrected chi connectivity index (χ1v) is 13.6. The molecule has 1 aromatic carbocycles. The molecule has 0 radical (unpaired) electrons. The summed E-state index contributed by atoms with van der Waals surface area (Å²) in [6.45, 7) is 6.96. The minimum atomic E-state index is -1.12. The number of aryl methyl sites for hydroxylation is 2. The lowest BCUT2D eigenvalue weighted by molar-refractivity contribution is 0.0548. The van der Waals surface area contributed by atoms with E-state index >= 15 is 0 Å². The number of ether oxygens (including phenoxy) is 1. The van der Waals surface area contributed by atoms with E-state index in [1.54, 1.807) is 18.5 Å². The predicted octanol–water partition coefficient (Wildman–Crippen LogP) is 5.65. The highest BCUT2D eigenvalue weighted by atomic mass is 35.5. The Bertz CT molecular complexity index is 1590. The predicted molar refractivity (Wildman–Crippen MR) is 146 cm³/mol. The summed E-state index contributed by atoms with van der Waals surface area (Å²) in [5.41, 5.74) is 6.16. The Kier molecular flexibility index (Phi) is 6.06. The summed E-state index contributed by atoms with van der Waals surface area (Å²) in [5.74, 6) is 0.310. The van der Waals surface area contributed by atoms with Crippen molar-refractivity contribution in [2.75, 3.05) is 13.2 Å². The molecule has 1 aliphatic rings. The van der Waals surface area contributed by atoms with Gasteiger partial charge in [-0.15, -0.1) is 5.10 Å². The second-order valence-corrected chi connectivity index (χ2v) is 11.5. The molecule has 6 rings (SSSR count). The molecule has 1 saturated heterocycles. The average Bonchev–Trinajstić information content (AvgIpc) is 3.53. The number of hydrogen-bond acceptors (Lipinski definition) is 7.